The van der Waals surface area contributed by atoms with Crippen LogP contribution in [-0.2, 0) is 19.1 Å². The van der Waals surface area contributed by atoms with Crippen LogP contribution in [0.4, 0.5) is 4.39 Å². The largest absolute Gasteiger partial charge is 0.466 e. The lowest BCUT2D eigenvalue weighted by Crippen LogP contribution is -2.45. The lowest BCUT2D eigenvalue weighted by molar-refractivity contribution is -0.156. The maximum Gasteiger partial charge on any atom is 0.338 e. The van der Waals surface area contributed by atoms with Gasteiger partial charge in [0.05, 0.1) is 24.3 Å². The number of hydrogen-bond acceptors (Lipinski definition) is 9. The average molecular weight is 549 g/mol. The van der Waals surface area contributed by atoms with E-state index in [0.717, 1.165) is 19.4 Å². The van der Waals surface area contributed by atoms with Crippen molar-refractivity contribution in [1.29, 1.82) is 0 Å². The molecule has 1 saturated heterocycles. The summed E-state index contributed by atoms with van der Waals surface area (Å²) in [6.45, 7) is 6.88. The van der Waals surface area contributed by atoms with E-state index in [1.54, 1.807) is 12.3 Å². The van der Waals surface area contributed by atoms with Crippen LogP contribution in [0.15, 0.2) is 46.0 Å². The third kappa shape index (κ3) is 6.37. The molecule has 37 heavy (non-hydrogen) atoms. The van der Waals surface area contributed by atoms with Crippen molar-refractivity contribution in [2.45, 2.75) is 45.3 Å². The second-order valence-electron chi connectivity index (χ2n) is 9.97. The Balaban J connectivity index is 1.74. The molecule has 1 aromatic carbocycles. The molecule has 2 aromatic rings. The van der Waals surface area contributed by atoms with Gasteiger partial charge in [0.2, 0.25) is 0 Å². The smallest absolute Gasteiger partial charge is 0.338 e. The van der Waals surface area contributed by atoms with Gasteiger partial charge < -0.3 is 14.8 Å². The maximum atomic E-state index is 14.5. The number of carbonyl (C=O) groups excluding carboxylic acids is 2. The first-order valence-corrected chi connectivity index (χ1v) is 13.3. The molecule has 0 radical (unpaired) electrons. The number of ether oxygens (including phenoxy) is 2. The number of benzene rings is 1. The quantitative estimate of drug-likeness (QED) is 0.531. The van der Waals surface area contributed by atoms with E-state index in [0.29, 0.717) is 28.6 Å². The number of nitrogens with zero attached hydrogens (tertiary/aromatic N) is 3. The minimum absolute atomic E-state index is 0.104. The van der Waals surface area contributed by atoms with Gasteiger partial charge in [0.25, 0.3) is 0 Å². The Hall–Kier alpha value is -2.82. The number of aliphatic imine (C=N–C) groups is 1. The Morgan fingerprint density at radius 3 is 2.78 bits per heavy atom. The third-order valence-corrected chi connectivity index (χ3v) is 7.26. The van der Waals surface area contributed by atoms with Crippen molar-refractivity contribution < 1.29 is 23.5 Å². The van der Waals surface area contributed by atoms with Gasteiger partial charge in [-0.15, -0.1) is 11.3 Å². The van der Waals surface area contributed by atoms with Crippen LogP contribution in [-0.4, -0.2) is 60.0 Å². The number of aromatic nitrogens is 1. The van der Waals surface area contributed by atoms with Crippen LogP contribution in [0.2, 0.25) is 5.02 Å². The summed E-state index contributed by atoms with van der Waals surface area (Å²) in [5.41, 5.74) is 0.663. The van der Waals surface area contributed by atoms with Gasteiger partial charge in [-0.3, -0.25) is 14.7 Å². The van der Waals surface area contributed by atoms with Crippen molar-refractivity contribution in [2.75, 3.05) is 26.7 Å². The number of methoxy groups -OCH3 is 1. The van der Waals surface area contributed by atoms with Crippen LogP contribution >= 0.6 is 22.9 Å². The molecule has 3 heterocycles. The molecule has 0 saturated carbocycles. The van der Waals surface area contributed by atoms with E-state index < -0.39 is 23.4 Å². The van der Waals surface area contributed by atoms with Crippen molar-refractivity contribution in [3.05, 3.63) is 62.5 Å². The number of likely N-dealkylation sites (tertiary alicyclic amines) is 1. The molecule has 0 bridgehead atoms. The maximum absolute atomic E-state index is 14.5. The van der Waals surface area contributed by atoms with Gasteiger partial charge in [0, 0.05) is 35.3 Å². The summed E-state index contributed by atoms with van der Waals surface area (Å²) >= 11 is 7.76. The topological polar surface area (TPSA) is 93.1 Å². The van der Waals surface area contributed by atoms with E-state index in [-0.39, 0.29) is 29.0 Å². The first kappa shape index (κ1) is 27.2. The summed E-state index contributed by atoms with van der Waals surface area (Å²) in [6, 6.07) is 3.55. The zero-order chi connectivity index (χ0) is 26.7. The standard InChI is InChI=1S/C26H30ClFN4O4S/c1-26(2,3)36-18(33)14-32-11-6-7-15(13-32)21-19(25(34)35-4)22(16-8-5-9-17(28)20(16)27)31-23(30-21)24-29-10-12-37-24/h5,8-10,12,15,22H,6-7,11,13-14H2,1-4H3,(H,30,31). The molecule has 198 valence electrons. The number of rotatable bonds is 6. The second kappa shape index (κ2) is 11.3. The van der Waals surface area contributed by atoms with Crippen molar-refractivity contribution >= 4 is 40.7 Å². The third-order valence-electron chi connectivity index (χ3n) is 6.08. The molecule has 2 aliphatic rings. The highest BCUT2D eigenvalue weighted by molar-refractivity contribution is 7.11. The van der Waals surface area contributed by atoms with Gasteiger partial charge in [-0.05, 0) is 46.2 Å². The zero-order valence-electron chi connectivity index (χ0n) is 21.2. The lowest BCUT2D eigenvalue weighted by atomic mass is 9.86. The van der Waals surface area contributed by atoms with Crippen LogP contribution in [0.3, 0.4) is 0 Å². The number of halogens is 2. The van der Waals surface area contributed by atoms with Gasteiger partial charge in [0.1, 0.15) is 17.5 Å². The molecule has 0 aliphatic carbocycles. The zero-order valence-corrected chi connectivity index (χ0v) is 22.8. The van der Waals surface area contributed by atoms with Crippen LogP contribution in [0.5, 0.6) is 0 Å². The molecule has 2 aliphatic heterocycles. The minimum Gasteiger partial charge on any atom is -0.466 e. The molecule has 0 amide bonds. The molecule has 1 N–H and O–H groups in total. The number of amidine groups is 1. The predicted molar refractivity (Wildman–Crippen MR) is 140 cm³/mol. The number of thiazole rings is 1. The van der Waals surface area contributed by atoms with Crippen molar-refractivity contribution in [3.63, 3.8) is 0 Å². The molecule has 4 rings (SSSR count). The first-order chi connectivity index (χ1) is 17.6. The van der Waals surface area contributed by atoms with E-state index in [1.807, 2.05) is 31.1 Å². The Morgan fingerprint density at radius 2 is 2.11 bits per heavy atom. The van der Waals surface area contributed by atoms with Gasteiger partial charge >= 0.3 is 11.9 Å². The number of carbonyl (C=O) groups is 2. The van der Waals surface area contributed by atoms with Gasteiger partial charge in [0.15, 0.2) is 10.8 Å². The highest BCUT2D eigenvalue weighted by Gasteiger charge is 2.38. The number of hydrogen-bond donors (Lipinski definition) is 1. The van der Waals surface area contributed by atoms with Gasteiger partial charge in [-0.25, -0.2) is 14.2 Å². The van der Waals surface area contributed by atoms with Gasteiger partial charge in [-0.1, -0.05) is 23.7 Å². The van der Waals surface area contributed by atoms with E-state index in [4.69, 9.17) is 26.1 Å². The number of esters is 2. The van der Waals surface area contributed by atoms with Crippen LogP contribution in [0, 0.1) is 11.7 Å². The molecule has 2 atom stereocenters. The SMILES string of the molecule is COC(=O)C1=C(C2CCCN(CC(=O)OC(C)(C)C)C2)NC(c2nccs2)=NC1c1cccc(F)c1Cl. The predicted octanol–water partition coefficient (Wildman–Crippen LogP) is 4.51. The fraction of sp³-hybridized carbons (Fsp3) is 0.462. The Kier molecular flexibility index (Phi) is 8.30. The summed E-state index contributed by atoms with van der Waals surface area (Å²) in [5, 5.41) is 5.68. The summed E-state index contributed by atoms with van der Waals surface area (Å²) < 4.78 is 25.1. The van der Waals surface area contributed by atoms with Crippen LogP contribution < -0.4 is 5.32 Å². The summed E-state index contributed by atoms with van der Waals surface area (Å²) in [7, 11) is 1.30. The number of nitrogens with one attached hydrogen (secondary N) is 1. The Bertz CT molecular complexity index is 1230. The molecule has 1 aromatic heterocycles. The highest BCUT2D eigenvalue weighted by atomic mass is 35.5. The average Bonchev–Trinajstić information content (AvgIpc) is 3.38. The normalized spacial score (nSPS) is 20.8. The van der Waals surface area contributed by atoms with Crippen molar-refractivity contribution in [2.24, 2.45) is 10.9 Å². The molecule has 0 spiro atoms. The number of piperidine rings is 1. The molecule has 11 heteroatoms. The second-order valence-corrected chi connectivity index (χ2v) is 11.2. The van der Waals surface area contributed by atoms with E-state index >= 15 is 0 Å². The highest BCUT2D eigenvalue weighted by Crippen LogP contribution is 2.40. The van der Waals surface area contributed by atoms with Crippen LogP contribution in [0.25, 0.3) is 0 Å². The minimum atomic E-state index is -0.896. The fourth-order valence-corrected chi connectivity index (χ4v) is 5.44. The molecular formula is C26H30ClFN4O4S. The monoisotopic (exact) mass is 548 g/mol. The lowest BCUT2D eigenvalue weighted by Gasteiger charge is -2.37. The van der Waals surface area contributed by atoms with Crippen LogP contribution in [0.1, 0.15) is 50.2 Å². The summed E-state index contributed by atoms with van der Waals surface area (Å²) in [6.07, 6.45) is 3.24. The first-order valence-electron chi connectivity index (χ1n) is 12.0. The van der Waals surface area contributed by atoms with Crippen molar-refractivity contribution in [1.82, 2.24) is 15.2 Å². The Labute approximate surface area is 224 Å². The van der Waals surface area contributed by atoms with Crippen molar-refractivity contribution in [3.8, 4) is 0 Å². The fourth-order valence-electron chi connectivity index (χ4n) is 4.62. The summed E-state index contributed by atoms with van der Waals surface area (Å²) in [5.74, 6) is -1.17. The molecule has 2 unspecified atom stereocenters. The molecule has 1 fully saturated rings. The molecule has 8 nitrogen and oxygen atoms in total. The molecular weight excluding hydrogens is 519 g/mol. The van der Waals surface area contributed by atoms with Gasteiger partial charge in [-0.2, -0.15) is 0 Å². The van der Waals surface area contributed by atoms with E-state index in [9.17, 15) is 14.0 Å². The van der Waals surface area contributed by atoms with E-state index in [2.05, 4.69) is 10.3 Å². The van der Waals surface area contributed by atoms with E-state index in [1.165, 1.54) is 30.6 Å². The summed E-state index contributed by atoms with van der Waals surface area (Å²) in [4.78, 5) is 36.8. The Morgan fingerprint density at radius 1 is 1.32 bits per heavy atom.